The molecule has 0 amide bonds. The molecular formula is C24H27NO4. The summed E-state index contributed by atoms with van der Waals surface area (Å²) in [6, 6.07) is 18.9. The summed E-state index contributed by atoms with van der Waals surface area (Å²) in [6.07, 6.45) is 1.25. The van der Waals surface area contributed by atoms with Crippen molar-refractivity contribution in [2.24, 2.45) is 5.92 Å². The van der Waals surface area contributed by atoms with E-state index in [1.807, 2.05) is 30.3 Å². The van der Waals surface area contributed by atoms with Gasteiger partial charge in [-0.2, -0.15) is 0 Å². The number of fused-ring (bicyclic) bond motifs is 2. The highest BCUT2D eigenvalue weighted by atomic mass is 16.7. The number of benzene rings is 2. The molecule has 0 saturated carbocycles. The first-order valence-electron chi connectivity index (χ1n) is 10.5. The second-order valence-electron chi connectivity index (χ2n) is 8.20. The minimum atomic E-state index is -0.420. The van der Waals surface area contributed by atoms with Crippen molar-refractivity contribution < 1.29 is 19.0 Å². The van der Waals surface area contributed by atoms with E-state index in [1.165, 1.54) is 5.56 Å². The Hall–Kier alpha value is -2.05. The molecule has 2 aromatic rings. The van der Waals surface area contributed by atoms with Gasteiger partial charge in [-0.15, -0.1) is 0 Å². The maximum Gasteiger partial charge on any atom is 0.184 e. The van der Waals surface area contributed by atoms with Crippen LogP contribution in [0.15, 0.2) is 54.6 Å². The first kappa shape index (κ1) is 18.9. The van der Waals surface area contributed by atoms with Gasteiger partial charge in [0.05, 0.1) is 26.4 Å². The lowest BCUT2D eigenvalue weighted by Crippen LogP contribution is -2.57. The van der Waals surface area contributed by atoms with Crippen LogP contribution in [0, 0.1) is 5.92 Å². The predicted octanol–water partition coefficient (Wildman–Crippen LogP) is 3.59. The summed E-state index contributed by atoms with van der Waals surface area (Å²) < 4.78 is 17.2. The zero-order chi connectivity index (χ0) is 19.6. The van der Waals surface area contributed by atoms with Crippen LogP contribution >= 0.6 is 0 Å². The van der Waals surface area contributed by atoms with Crippen molar-refractivity contribution in [1.82, 2.24) is 4.90 Å². The van der Waals surface area contributed by atoms with Gasteiger partial charge in [0.15, 0.2) is 12.1 Å². The summed E-state index contributed by atoms with van der Waals surface area (Å²) in [7, 11) is 0. The second kappa shape index (κ2) is 8.36. The van der Waals surface area contributed by atoms with E-state index in [9.17, 15) is 4.79 Å². The lowest BCUT2D eigenvalue weighted by molar-refractivity contribution is -0.0874. The Balaban J connectivity index is 1.34. The maximum atomic E-state index is 13.5. The Labute approximate surface area is 171 Å². The third-order valence-electron chi connectivity index (χ3n) is 6.35. The van der Waals surface area contributed by atoms with Gasteiger partial charge < -0.3 is 14.2 Å². The van der Waals surface area contributed by atoms with Crippen molar-refractivity contribution in [3.63, 3.8) is 0 Å². The summed E-state index contributed by atoms with van der Waals surface area (Å²) >= 11 is 0. The number of hydrogen-bond donors (Lipinski definition) is 0. The van der Waals surface area contributed by atoms with Crippen LogP contribution in [-0.2, 0) is 20.8 Å². The number of Topliss-reactive ketones (excluding diaryl/α,β-unsaturated/α-hetero) is 1. The Morgan fingerprint density at radius 1 is 0.897 bits per heavy atom. The van der Waals surface area contributed by atoms with Gasteiger partial charge >= 0.3 is 0 Å². The van der Waals surface area contributed by atoms with Crippen LogP contribution in [0.2, 0.25) is 0 Å². The number of hydrogen-bond acceptors (Lipinski definition) is 5. The SMILES string of the molecule is O=C(c1ccccc1C1OCCO1)C1CC2COCC(C1)N2Cc1ccccc1. The first-order chi connectivity index (χ1) is 14.3. The van der Waals surface area contributed by atoms with Crippen molar-refractivity contribution in [1.29, 1.82) is 0 Å². The molecule has 0 radical (unpaired) electrons. The summed E-state index contributed by atoms with van der Waals surface area (Å²) in [5.41, 5.74) is 2.93. The molecule has 5 rings (SSSR count). The molecule has 152 valence electrons. The first-order valence-corrected chi connectivity index (χ1v) is 10.5. The highest BCUT2D eigenvalue weighted by Gasteiger charge is 2.42. The molecular weight excluding hydrogens is 366 g/mol. The molecule has 2 aromatic carbocycles. The standard InChI is InChI=1S/C24H27NO4/c26-23(21-8-4-5-9-22(21)24-28-10-11-29-24)18-12-19-15-27-16-20(13-18)25(19)14-17-6-2-1-3-7-17/h1-9,18-20,24H,10-16H2. The molecule has 0 aromatic heterocycles. The summed E-state index contributed by atoms with van der Waals surface area (Å²) in [5.74, 6) is 0.236. The molecule has 2 bridgehead atoms. The van der Waals surface area contributed by atoms with Gasteiger partial charge in [-0.05, 0) is 18.4 Å². The fourth-order valence-electron chi connectivity index (χ4n) is 4.94. The molecule has 29 heavy (non-hydrogen) atoms. The number of carbonyl (C=O) groups is 1. The van der Waals surface area contributed by atoms with Gasteiger partial charge in [0.1, 0.15) is 0 Å². The van der Waals surface area contributed by atoms with Crippen LogP contribution in [0.4, 0.5) is 0 Å². The van der Waals surface area contributed by atoms with Gasteiger partial charge in [0.25, 0.3) is 0 Å². The van der Waals surface area contributed by atoms with E-state index >= 15 is 0 Å². The zero-order valence-electron chi connectivity index (χ0n) is 16.5. The number of ketones is 1. The molecule has 5 heteroatoms. The number of nitrogens with zero attached hydrogens (tertiary/aromatic N) is 1. The summed E-state index contributed by atoms with van der Waals surface area (Å²) in [6.45, 7) is 3.47. The second-order valence-corrected chi connectivity index (χ2v) is 8.20. The van der Waals surface area contributed by atoms with E-state index in [1.54, 1.807) is 0 Å². The van der Waals surface area contributed by atoms with Gasteiger partial charge in [-0.3, -0.25) is 9.69 Å². The van der Waals surface area contributed by atoms with E-state index in [4.69, 9.17) is 14.2 Å². The third kappa shape index (κ3) is 3.88. The molecule has 3 saturated heterocycles. The highest BCUT2D eigenvalue weighted by molar-refractivity contribution is 5.99. The Morgan fingerprint density at radius 2 is 1.55 bits per heavy atom. The van der Waals surface area contributed by atoms with Crippen LogP contribution in [0.3, 0.4) is 0 Å². The molecule has 3 fully saturated rings. The van der Waals surface area contributed by atoms with Crippen LogP contribution in [0.5, 0.6) is 0 Å². The minimum absolute atomic E-state index is 0.0171. The molecule has 3 aliphatic rings. The van der Waals surface area contributed by atoms with E-state index in [0.717, 1.165) is 30.5 Å². The summed E-state index contributed by atoms with van der Waals surface area (Å²) in [5, 5.41) is 0. The van der Waals surface area contributed by atoms with Crippen molar-refractivity contribution in [2.75, 3.05) is 26.4 Å². The lowest BCUT2D eigenvalue weighted by atomic mass is 9.79. The summed E-state index contributed by atoms with van der Waals surface area (Å²) in [4.78, 5) is 16.0. The van der Waals surface area contributed by atoms with E-state index in [0.29, 0.717) is 26.4 Å². The monoisotopic (exact) mass is 393 g/mol. The van der Waals surface area contributed by atoms with Gasteiger partial charge in [-0.1, -0.05) is 54.6 Å². The minimum Gasteiger partial charge on any atom is -0.378 e. The van der Waals surface area contributed by atoms with Gasteiger partial charge in [0, 0.05) is 35.7 Å². The molecule has 0 N–H and O–H groups in total. The molecule has 3 heterocycles. The van der Waals surface area contributed by atoms with E-state index in [-0.39, 0.29) is 23.8 Å². The molecule has 5 nitrogen and oxygen atoms in total. The Morgan fingerprint density at radius 3 is 2.28 bits per heavy atom. The van der Waals surface area contributed by atoms with Gasteiger partial charge in [0.2, 0.25) is 0 Å². The quantitative estimate of drug-likeness (QED) is 0.727. The van der Waals surface area contributed by atoms with Crippen molar-refractivity contribution in [3.8, 4) is 0 Å². The van der Waals surface area contributed by atoms with Crippen molar-refractivity contribution in [2.45, 2.75) is 37.8 Å². The largest absolute Gasteiger partial charge is 0.378 e. The van der Waals surface area contributed by atoms with E-state index < -0.39 is 6.29 Å². The average molecular weight is 393 g/mol. The average Bonchev–Trinajstić information content (AvgIpc) is 3.29. The molecule has 2 unspecified atom stereocenters. The van der Waals surface area contributed by atoms with Crippen LogP contribution < -0.4 is 0 Å². The number of ether oxygens (including phenoxy) is 3. The molecule has 3 aliphatic heterocycles. The predicted molar refractivity (Wildman–Crippen MR) is 109 cm³/mol. The maximum absolute atomic E-state index is 13.5. The third-order valence-corrected chi connectivity index (χ3v) is 6.35. The number of morpholine rings is 1. The van der Waals surface area contributed by atoms with Crippen molar-refractivity contribution >= 4 is 5.78 Å². The number of carbonyl (C=O) groups excluding carboxylic acids is 1. The van der Waals surface area contributed by atoms with Gasteiger partial charge in [-0.25, -0.2) is 0 Å². The highest BCUT2D eigenvalue weighted by Crippen LogP contribution is 2.36. The topological polar surface area (TPSA) is 48.0 Å². The molecule has 0 aliphatic carbocycles. The number of rotatable bonds is 5. The molecule has 0 spiro atoms. The van der Waals surface area contributed by atoms with E-state index in [2.05, 4.69) is 29.2 Å². The zero-order valence-corrected chi connectivity index (χ0v) is 16.5. The van der Waals surface area contributed by atoms with Crippen molar-refractivity contribution in [3.05, 3.63) is 71.3 Å². The Bertz CT molecular complexity index is 835. The fourth-order valence-corrected chi connectivity index (χ4v) is 4.94. The molecule has 2 atom stereocenters. The smallest absolute Gasteiger partial charge is 0.184 e. The van der Waals surface area contributed by atoms with Crippen LogP contribution in [0.1, 0.15) is 40.6 Å². The lowest BCUT2D eigenvalue weighted by Gasteiger charge is -2.48. The van der Waals surface area contributed by atoms with Crippen LogP contribution in [-0.4, -0.2) is 49.2 Å². The Kier molecular flexibility index (Phi) is 5.46. The normalized spacial score (nSPS) is 27.8. The number of piperidine rings is 1. The fraction of sp³-hybridized carbons (Fsp3) is 0.458. The van der Waals surface area contributed by atoms with Crippen LogP contribution in [0.25, 0.3) is 0 Å².